The molecule has 0 radical (unpaired) electrons. The van der Waals surface area contributed by atoms with Crippen molar-refractivity contribution in [3.63, 3.8) is 0 Å². The van der Waals surface area contributed by atoms with E-state index < -0.39 is 10.0 Å². The Morgan fingerprint density at radius 2 is 1.79 bits per heavy atom. The maximum Gasteiger partial charge on any atom is 0.281 e. The van der Waals surface area contributed by atoms with E-state index in [1.165, 1.54) is 21.1 Å². The molecule has 0 unspecified atom stereocenters. The molecule has 1 fully saturated rings. The van der Waals surface area contributed by atoms with Crippen molar-refractivity contribution in [2.24, 2.45) is 14.1 Å². The second-order valence-corrected chi connectivity index (χ2v) is 12.1. The Balaban J connectivity index is 1.68. The summed E-state index contributed by atoms with van der Waals surface area (Å²) >= 11 is 0. The zero-order chi connectivity index (χ0) is 30.0. The van der Waals surface area contributed by atoms with E-state index in [4.69, 9.17) is 14.5 Å². The van der Waals surface area contributed by atoms with E-state index in [1.807, 2.05) is 18.5 Å². The van der Waals surface area contributed by atoms with E-state index in [2.05, 4.69) is 26.9 Å². The van der Waals surface area contributed by atoms with E-state index in [0.717, 1.165) is 18.7 Å². The number of piperazine rings is 1. The Morgan fingerprint density at radius 3 is 2.43 bits per heavy atom. The Bertz CT molecular complexity index is 1740. The van der Waals surface area contributed by atoms with Gasteiger partial charge in [0.05, 0.1) is 24.1 Å². The number of hydrogen-bond donors (Lipinski definition) is 0. The lowest BCUT2D eigenvalue weighted by molar-refractivity contribution is 0.144. The van der Waals surface area contributed by atoms with Crippen molar-refractivity contribution in [3.8, 4) is 23.2 Å². The van der Waals surface area contributed by atoms with Crippen molar-refractivity contribution in [1.29, 1.82) is 0 Å². The largest absolute Gasteiger partial charge is 0.475 e. The van der Waals surface area contributed by atoms with Crippen LogP contribution in [0.25, 0.3) is 28.4 Å². The van der Waals surface area contributed by atoms with Gasteiger partial charge in [0.25, 0.3) is 5.56 Å². The van der Waals surface area contributed by atoms with E-state index in [1.54, 1.807) is 31.2 Å². The standard InChI is InChI=1S/C27H37N9O5S/c1-6-8-21-22-23(31-36(21)27-28-9-10-32(27)3)26(37)33(4)24(30-22)20-17-19(18-29-25(20)41-16-15-40-5)42(38,39)35-13-11-34(7-2)12-14-35/h9-10,17-18H,6-8,11-16H2,1-5H3. The molecule has 1 aliphatic rings. The third-order valence-corrected chi connectivity index (χ3v) is 9.34. The van der Waals surface area contributed by atoms with Crippen molar-refractivity contribution in [3.05, 3.63) is 40.7 Å². The van der Waals surface area contributed by atoms with Crippen LogP contribution in [0.5, 0.6) is 5.88 Å². The predicted molar refractivity (Wildman–Crippen MR) is 156 cm³/mol. The summed E-state index contributed by atoms with van der Waals surface area (Å²) in [6.45, 7) is 7.50. The highest BCUT2D eigenvalue weighted by Crippen LogP contribution is 2.31. The van der Waals surface area contributed by atoms with Crippen LogP contribution < -0.4 is 10.3 Å². The minimum absolute atomic E-state index is 0.00775. The Kier molecular flexibility index (Phi) is 8.73. The molecule has 1 saturated heterocycles. The number of fused-ring (bicyclic) bond motifs is 1. The lowest BCUT2D eigenvalue weighted by Gasteiger charge is -2.33. The molecular weight excluding hydrogens is 562 g/mol. The molecule has 0 aliphatic carbocycles. The molecule has 0 spiro atoms. The van der Waals surface area contributed by atoms with Crippen LogP contribution in [-0.4, -0.2) is 105 Å². The molecule has 0 amide bonds. The fourth-order valence-corrected chi connectivity index (χ4v) is 6.47. The molecule has 0 bridgehead atoms. The first-order chi connectivity index (χ1) is 20.2. The average Bonchev–Trinajstić information content (AvgIpc) is 3.58. The summed E-state index contributed by atoms with van der Waals surface area (Å²) in [5, 5.41) is 4.61. The lowest BCUT2D eigenvalue weighted by Crippen LogP contribution is -2.48. The van der Waals surface area contributed by atoms with Crippen LogP contribution in [-0.2, 0) is 35.3 Å². The zero-order valence-electron chi connectivity index (χ0n) is 24.6. The first-order valence-corrected chi connectivity index (χ1v) is 15.5. The fraction of sp³-hybridized carbons (Fsp3) is 0.519. The summed E-state index contributed by atoms with van der Waals surface area (Å²) < 4.78 is 44.7. The summed E-state index contributed by atoms with van der Waals surface area (Å²) in [5.74, 6) is 0.927. The van der Waals surface area contributed by atoms with Gasteiger partial charge in [0, 0.05) is 59.8 Å². The van der Waals surface area contributed by atoms with E-state index >= 15 is 0 Å². The number of ether oxygens (including phenoxy) is 2. The number of sulfonamides is 1. The van der Waals surface area contributed by atoms with Gasteiger partial charge < -0.3 is 18.9 Å². The Hall–Kier alpha value is -3.66. The van der Waals surface area contributed by atoms with E-state index in [9.17, 15) is 13.2 Å². The number of imidazole rings is 1. The predicted octanol–water partition coefficient (Wildman–Crippen LogP) is 1.22. The van der Waals surface area contributed by atoms with Gasteiger partial charge in [0.1, 0.15) is 22.8 Å². The highest BCUT2D eigenvalue weighted by molar-refractivity contribution is 7.89. The molecule has 0 aromatic carbocycles. The van der Waals surface area contributed by atoms with Crippen LogP contribution in [0.1, 0.15) is 26.0 Å². The smallest absolute Gasteiger partial charge is 0.281 e. The van der Waals surface area contributed by atoms with Gasteiger partial charge >= 0.3 is 0 Å². The summed E-state index contributed by atoms with van der Waals surface area (Å²) in [4.78, 5) is 29.7. The van der Waals surface area contributed by atoms with Crippen LogP contribution in [0.4, 0.5) is 0 Å². The second-order valence-electron chi connectivity index (χ2n) is 10.1. The van der Waals surface area contributed by atoms with Crippen molar-refractivity contribution < 1.29 is 17.9 Å². The van der Waals surface area contributed by atoms with Gasteiger partial charge in [-0.05, 0) is 19.0 Å². The van der Waals surface area contributed by atoms with Gasteiger partial charge in [-0.3, -0.25) is 9.36 Å². The van der Waals surface area contributed by atoms with Crippen LogP contribution in [0.15, 0.2) is 34.3 Å². The number of hydrogen-bond acceptors (Lipinski definition) is 10. The Labute approximate surface area is 244 Å². The number of aromatic nitrogens is 7. The molecule has 0 N–H and O–H groups in total. The topological polar surface area (TPSA) is 142 Å². The van der Waals surface area contributed by atoms with Crippen LogP contribution in [0.2, 0.25) is 0 Å². The van der Waals surface area contributed by atoms with Crippen molar-refractivity contribution in [2.45, 2.75) is 31.6 Å². The molecule has 0 saturated carbocycles. The molecular formula is C27H37N9O5S. The van der Waals surface area contributed by atoms with Crippen molar-refractivity contribution >= 4 is 21.1 Å². The van der Waals surface area contributed by atoms with Gasteiger partial charge in [-0.25, -0.2) is 28.1 Å². The normalized spacial score (nSPS) is 15.1. The number of rotatable bonds is 11. The fourth-order valence-electron chi connectivity index (χ4n) is 5.08. The van der Waals surface area contributed by atoms with Crippen LogP contribution in [0.3, 0.4) is 0 Å². The molecule has 5 rings (SSSR count). The summed E-state index contributed by atoms with van der Waals surface area (Å²) in [7, 11) is 1.13. The number of nitrogens with zero attached hydrogens (tertiary/aromatic N) is 9. The highest BCUT2D eigenvalue weighted by Gasteiger charge is 2.30. The summed E-state index contributed by atoms with van der Waals surface area (Å²) in [6, 6.07) is 1.49. The number of methoxy groups -OCH3 is 1. The van der Waals surface area contributed by atoms with Gasteiger partial charge in [0.15, 0.2) is 5.52 Å². The summed E-state index contributed by atoms with van der Waals surface area (Å²) in [5.41, 5.74) is 1.25. The minimum Gasteiger partial charge on any atom is -0.475 e. The van der Waals surface area contributed by atoms with Gasteiger partial charge in [-0.1, -0.05) is 20.3 Å². The molecule has 1 aliphatic heterocycles. The monoisotopic (exact) mass is 599 g/mol. The number of aryl methyl sites for hydroxylation is 2. The SMILES string of the molecule is CCCc1c2nc(-c3cc(S(=O)(=O)N4CCN(CC)CC4)cnc3OCCOC)n(C)c(=O)c2nn1-c1nccn1C. The molecule has 42 heavy (non-hydrogen) atoms. The quantitative estimate of drug-likeness (QED) is 0.231. The van der Waals surface area contributed by atoms with E-state index in [0.29, 0.717) is 50.7 Å². The number of likely N-dealkylation sites (N-methyl/N-ethyl adjacent to an activating group) is 1. The zero-order valence-corrected chi connectivity index (χ0v) is 25.5. The first-order valence-electron chi connectivity index (χ1n) is 14.0. The second kappa shape index (κ2) is 12.3. The maximum atomic E-state index is 13.7. The molecule has 0 atom stereocenters. The van der Waals surface area contributed by atoms with Gasteiger partial charge in [0.2, 0.25) is 21.9 Å². The first kappa shape index (κ1) is 29.8. The van der Waals surface area contributed by atoms with Crippen LogP contribution >= 0.6 is 0 Å². The lowest BCUT2D eigenvalue weighted by atomic mass is 10.2. The minimum atomic E-state index is -3.86. The summed E-state index contributed by atoms with van der Waals surface area (Å²) in [6.07, 6.45) is 6.14. The van der Waals surface area contributed by atoms with E-state index in [-0.39, 0.29) is 39.8 Å². The third-order valence-electron chi connectivity index (χ3n) is 7.48. The van der Waals surface area contributed by atoms with Crippen molar-refractivity contribution in [1.82, 2.24) is 43.1 Å². The van der Waals surface area contributed by atoms with Crippen LogP contribution in [0, 0.1) is 0 Å². The molecule has 14 nitrogen and oxygen atoms in total. The maximum absolute atomic E-state index is 13.7. The molecule has 4 aromatic heterocycles. The molecule has 15 heteroatoms. The Morgan fingerprint density at radius 1 is 1.02 bits per heavy atom. The highest BCUT2D eigenvalue weighted by atomic mass is 32.2. The number of pyridine rings is 1. The van der Waals surface area contributed by atoms with Crippen molar-refractivity contribution in [2.75, 3.05) is 53.0 Å². The molecule has 5 heterocycles. The molecule has 4 aromatic rings. The molecule has 226 valence electrons. The van der Waals surface area contributed by atoms with Gasteiger partial charge in [-0.2, -0.15) is 9.40 Å². The third kappa shape index (κ3) is 5.44. The average molecular weight is 600 g/mol. The van der Waals surface area contributed by atoms with Gasteiger partial charge in [-0.15, -0.1) is 0 Å².